The Bertz CT molecular complexity index is 988. The number of nitrogens with one attached hydrogen (secondary N) is 1. The summed E-state index contributed by atoms with van der Waals surface area (Å²) in [4.78, 5) is 12.7. The summed E-state index contributed by atoms with van der Waals surface area (Å²) in [5.41, 5.74) is 5.27. The third-order valence-corrected chi connectivity index (χ3v) is 5.23. The Hall–Kier alpha value is -2.60. The molecule has 27 heavy (non-hydrogen) atoms. The predicted octanol–water partition coefficient (Wildman–Crippen LogP) is 3.73. The molecule has 1 amide bonds. The largest absolute Gasteiger partial charge is 0.345 e. The molecule has 0 aliphatic rings. The second kappa shape index (κ2) is 7.56. The van der Waals surface area contributed by atoms with Crippen LogP contribution in [0.4, 0.5) is 0 Å². The number of halogens is 1. The first-order valence-corrected chi connectivity index (χ1v) is 9.23. The zero-order chi connectivity index (χ0) is 19.7. The van der Waals surface area contributed by atoms with Crippen molar-refractivity contribution >= 4 is 17.5 Å². The quantitative estimate of drug-likeness (QED) is 0.727. The van der Waals surface area contributed by atoms with E-state index in [0.29, 0.717) is 17.1 Å². The van der Waals surface area contributed by atoms with Crippen molar-refractivity contribution in [2.24, 2.45) is 7.05 Å². The van der Waals surface area contributed by atoms with E-state index in [0.717, 1.165) is 28.2 Å². The molecule has 142 valence electrons. The molecule has 6 nitrogen and oxygen atoms in total. The molecule has 0 spiro atoms. The minimum Gasteiger partial charge on any atom is -0.345 e. The van der Waals surface area contributed by atoms with Crippen LogP contribution >= 0.6 is 11.6 Å². The van der Waals surface area contributed by atoms with Gasteiger partial charge in [-0.1, -0.05) is 23.7 Å². The number of aryl methyl sites for hydroxylation is 3. The van der Waals surface area contributed by atoms with Crippen LogP contribution in [-0.2, 0) is 13.6 Å². The minimum absolute atomic E-state index is 0.112. The molecule has 7 heteroatoms. The lowest BCUT2D eigenvalue weighted by atomic mass is 10.1. The van der Waals surface area contributed by atoms with Gasteiger partial charge in [-0.25, -0.2) is 0 Å². The van der Waals surface area contributed by atoms with Gasteiger partial charge in [0.2, 0.25) is 0 Å². The number of carbonyl (C=O) groups excluding carboxylic acids is 1. The molecule has 0 saturated carbocycles. The van der Waals surface area contributed by atoms with Gasteiger partial charge in [0, 0.05) is 24.4 Å². The maximum Gasteiger partial charge on any atom is 0.251 e. The SMILES string of the molecule is Cc1nn(C)cc1C(C)NC(=O)c1cccc(Cn2nc(C)c(Cl)c2C)c1. The van der Waals surface area contributed by atoms with Crippen molar-refractivity contribution in [3.05, 3.63) is 69.3 Å². The molecule has 1 atom stereocenters. The molecule has 0 saturated heterocycles. The fourth-order valence-corrected chi connectivity index (χ4v) is 3.35. The first-order valence-electron chi connectivity index (χ1n) is 8.85. The number of aromatic nitrogens is 4. The standard InChI is InChI=1S/C20H24ClN5O/c1-12(18-11-25(5)23-13(18)2)22-20(27)17-8-6-7-16(9-17)10-26-15(4)19(21)14(3)24-26/h6-9,11-12H,10H2,1-5H3,(H,22,27). The van der Waals surface area contributed by atoms with Gasteiger partial charge in [0.05, 0.1) is 34.7 Å². The monoisotopic (exact) mass is 385 g/mol. The van der Waals surface area contributed by atoms with Crippen molar-refractivity contribution in [3.8, 4) is 0 Å². The Morgan fingerprint density at radius 2 is 1.96 bits per heavy atom. The molecule has 0 aliphatic carbocycles. The summed E-state index contributed by atoms with van der Waals surface area (Å²) < 4.78 is 3.61. The van der Waals surface area contributed by atoms with Crippen LogP contribution < -0.4 is 5.32 Å². The van der Waals surface area contributed by atoms with E-state index in [1.807, 2.05) is 69.9 Å². The van der Waals surface area contributed by atoms with E-state index >= 15 is 0 Å². The van der Waals surface area contributed by atoms with Gasteiger partial charge in [-0.15, -0.1) is 0 Å². The normalized spacial score (nSPS) is 12.2. The lowest BCUT2D eigenvalue weighted by Gasteiger charge is -2.14. The summed E-state index contributed by atoms with van der Waals surface area (Å²) in [6.45, 7) is 8.30. The second-order valence-corrected chi connectivity index (χ2v) is 7.26. The van der Waals surface area contributed by atoms with E-state index in [1.54, 1.807) is 4.68 Å². The summed E-state index contributed by atoms with van der Waals surface area (Å²) in [5.74, 6) is -0.112. The average Bonchev–Trinajstić information content (AvgIpc) is 3.08. The molecule has 3 aromatic rings. The fraction of sp³-hybridized carbons (Fsp3) is 0.350. The Morgan fingerprint density at radius 3 is 2.56 bits per heavy atom. The van der Waals surface area contributed by atoms with Gasteiger partial charge in [-0.2, -0.15) is 10.2 Å². The Balaban J connectivity index is 1.75. The second-order valence-electron chi connectivity index (χ2n) is 6.88. The average molecular weight is 386 g/mol. The predicted molar refractivity (Wildman–Crippen MR) is 106 cm³/mol. The summed E-state index contributed by atoms with van der Waals surface area (Å²) >= 11 is 6.22. The molecule has 0 aliphatic heterocycles. The summed E-state index contributed by atoms with van der Waals surface area (Å²) in [7, 11) is 1.87. The lowest BCUT2D eigenvalue weighted by Crippen LogP contribution is -2.27. The first-order chi connectivity index (χ1) is 12.8. The summed E-state index contributed by atoms with van der Waals surface area (Å²) in [5, 5.41) is 12.5. The Kier molecular flexibility index (Phi) is 5.37. The van der Waals surface area contributed by atoms with E-state index < -0.39 is 0 Å². The van der Waals surface area contributed by atoms with Crippen LogP contribution in [0.3, 0.4) is 0 Å². The first kappa shape index (κ1) is 19.2. The van der Waals surface area contributed by atoms with E-state index in [2.05, 4.69) is 15.5 Å². The maximum atomic E-state index is 12.7. The number of nitrogens with zero attached hydrogens (tertiary/aromatic N) is 4. The molecule has 0 radical (unpaired) electrons. The van der Waals surface area contributed by atoms with E-state index in [-0.39, 0.29) is 11.9 Å². The highest BCUT2D eigenvalue weighted by Crippen LogP contribution is 2.20. The molecule has 1 unspecified atom stereocenters. The van der Waals surface area contributed by atoms with Gasteiger partial charge in [0.1, 0.15) is 0 Å². The summed E-state index contributed by atoms with van der Waals surface area (Å²) in [6.07, 6.45) is 1.93. The number of benzene rings is 1. The highest BCUT2D eigenvalue weighted by molar-refractivity contribution is 6.31. The van der Waals surface area contributed by atoms with Gasteiger partial charge in [0.15, 0.2) is 0 Å². The molecule has 3 rings (SSSR count). The van der Waals surface area contributed by atoms with Crippen molar-refractivity contribution in [1.29, 1.82) is 0 Å². The fourth-order valence-electron chi connectivity index (χ4n) is 3.21. The van der Waals surface area contributed by atoms with Crippen molar-refractivity contribution in [3.63, 3.8) is 0 Å². The molecule has 0 bridgehead atoms. The van der Waals surface area contributed by atoms with Crippen LogP contribution in [0.25, 0.3) is 0 Å². The van der Waals surface area contributed by atoms with Crippen LogP contribution in [-0.4, -0.2) is 25.5 Å². The van der Waals surface area contributed by atoms with E-state index in [9.17, 15) is 4.79 Å². The molecular weight excluding hydrogens is 362 g/mol. The van der Waals surface area contributed by atoms with Crippen molar-refractivity contribution in [2.45, 2.75) is 40.3 Å². The van der Waals surface area contributed by atoms with Gasteiger partial charge in [-0.05, 0) is 45.4 Å². The van der Waals surface area contributed by atoms with E-state index in [4.69, 9.17) is 11.6 Å². The lowest BCUT2D eigenvalue weighted by molar-refractivity contribution is 0.0939. The number of amides is 1. The van der Waals surface area contributed by atoms with E-state index in [1.165, 1.54) is 0 Å². The number of rotatable bonds is 5. The number of carbonyl (C=O) groups is 1. The van der Waals surface area contributed by atoms with Crippen molar-refractivity contribution in [1.82, 2.24) is 24.9 Å². The van der Waals surface area contributed by atoms with Gasteiger partial charge in [0.25, 0.3) is 5.91 Å². The summed E-state index contributed by atoms with van der Waals surface area (Å²) in [6, 6.07) is 7.45. The van der Waals surface area contributed by atoms with Crippen LogP contribution in [0.2, 0.25) is 5.02 Å². The topological polar surface area (TPSA) is 64.7 Å². The molecule has 2 aromatic heterocycles. The number of hydrogen-bond donors (Lipinski definition) is 1. The molecule has 1 aromatic carbocycles. The van der Waals surface area contributed by atoms with Gasteiger partial charge < -0.3 is 5.32 Å². The maximum absolute atomic E-state index is 12.7. The van der Waals surface area contributed by atoms with Crippen LogP contribution in [0.15, 0.2) is 30.5 Å². The van der Waals surface area contributed by atoms with Gasteiger partial charge >= 0.3 is 0 Å². The van der Waals surface area contributed by atoms with Gasteiger partial charge in [-0.3, -0.25) is 14.2 Å². The zero-order valence-corrected chi connectivity index (χ0v) is 17.0. The third-order valence-electron chi connectivity index (χ3n) is 4.68. The number of hydrogen-bond acceptors (Lipinski definition) is 3. The smallest absolute Gasteiger partial charge is 0.251 e. The van der Waals surface area contributed by atoms with Crippen LogP contribution in [0.1, 0.15) is 51.5 Å². The van der Waals surface area contributed by atoms with Crippen LogP contribution in [0, 0.1) is 20.8 Å². The molecule has 1 N–H and O–H groups in total. The van der Waals surface area contributed by atoms with Crippen LogP contribution in [0.5, 0.6) is 0 Å². The molecule has 0 fully saturated rings. The Morgan fingerprint density at radius 1 is 1.22 bits per heavy atom. The zero-order valence-electron chi connectivity index (χ0n) is 16.2. The van der Waals surface area contributed by atoms with Crippen molar-refractivity contribution in [2.75, 3.05) is 0 Å². The highest BCUT2D eigenvalue weighted by Gasteiger charge is 2.16. The molecular formula is C20H24ClN5O. The Labute approximate surface area is 164 Å². The van der Waals surface area contributed by atoms with Crippen molar-refractivity contribution < 1.29 is 4.79 Å². The highest BCUT2D eigenvalue weighted by atomic mass is 35.5. The minimum atomic E-state index is -0.121. The molecule has 2 heterocycles. The third kappa shape index (κ3) is 4.06.